The predicted octanol–water partition coefficient (Wildman–Crippen LogP) is 2.14. The van der Waals surface area contributed by atoms with Gasteiger partial charge in [-0.05, 0) is 62.7 Å². The molecule has 3 aliphatic rings. The van der Waals surface area contributed by atoms with Crippen molar-refractivity contribution in [1.82, 2.24) is 5.32 Å². The standard InChI is InChI=1S/C16H27NO3S/c1-11(15-9-13-2-3-14(15)8-13)17-16(18)10-12-4-6-21(19,20)7-5-12/h11-15H,2-10H2,1H3,(H,17,18). The lowest BCUT2D eigenvalue weighted by atomic mass is 9.84. The third-order valence-electron chi connectivity index (χ3n) is 5.97. The summed E-state index contributed by atoms with van der Waals surface area (Å²) in [7, 11) is -2.83. The monoisotopic (exact) mass is 313 g/mol. The largest absolute Gasteiger partial charge is 0.353 e. The van der Waals surface area contributed by atoms with Crippen molar-refractivity contribution in [3.8, 4) is 0 Å². The van der Waals surface area contributed by atoms with Crippen molar-refractivity contribution in [1.29, 1.82) is 0 Å². The van der Waals surface area contributed by atoms with Crippen LogP contribution in [0.2, 0.25) is 0 Å². The Balaban J connectivity index is 1.44. The number of nitrogens with one attached hydrogen (secondary N) is 1. The van der Waals surface area contributed by atoms with E-state index in [1.165, 1.54) is 25.7 Å². The Morgan fingerprint density at radius 2 is 1.86 bits per heavy atom. The summed E-state index contributed by atoms with van der Waals surface area (Å²) in [5, 5.41) is 3.19. The molecular weight excluding hydrogens is 286 g/mol. The van der Waals surface area contributed by atoms with Crippen LogP contribution in [0.4, 0.5) is 0 Å². The number of amides is 1. The minimum absolute atomic E-state index is 0.120. The third-order valence-corrected chi connectivity index (χ3v) is 7.69. The Morgan fingerprint density at radius 1 is 1.14 bits per heavy atom. The maximum Gasteiger partial charge on any atom is 0.220 e. The van der Waals surface area contributed by atoms with Crippen LogP contribution in [0.5, 0.6) is 0 Å². The van der Waals surface area contributed by atoms with E-state index in [0.29, 0.717) is 25.2 Å². The van der Waals surface area contributed by atoms with Crippen LogP contribution in [0.3, 0.4) is 0 Å². The van der Waals surface area contributed by atoms with E-state index in [1.54, 1.807) is 0 Å². The van der Waals surface area contributed by atoms with Crippen LogP contribution >= 0.6 is 0 Å². The Kier molecular flexibility index (Phi) is 4.30. The van der Waals surface area contributed by atoms with Gasteiger partial charge in [-0.2, -0.15) is 0 Å². The van der Waals surface area contributed by atoms with Gasteiger partial charge in [-0.25, -0.2) is 8.42 Å². The van der Waals surface area contributed by atoms with Crippen molar-refractivity contribution >= 4 is 15.7 Å². The van der Waals surface area contributed by atoms with Crippen molar-refractivity contribution in [2.24, 2.45) is 23.7 Å². The zero-order valence-electron chi connectivity index (χ0n) is 12.9. The summed E-state index contributed by atoms with van der Waals surface area (Å²) in [6.07, 6.45) is 7.19. The predicted molar refractivity (Wildman–Crippen MR) is 82.5 cm³/mol. The zero-order valence-corrected chi connectivity index (χ0v) is 13.7. The molecule has 120 valence electrons. The summed E-state index contributed by atoms with van der Waals surface area (Å²) in [4.78, 5) is 12.2. The Hall–Kier alpha value is -0.580. The SMILES string of the molecule is CC(NC(=O)CC1CCS(=O)(=O)CC1)C1CC2CCC1C2. The minimum Gasteiger partial charge on any atom is -0.353 e. The lowest BCUT2D eigenvalue weighted by Crippen LogP contribution is -2.41. The van der Waals surface area contributed by atoms with Crippen molar-refractivity contribution in [2.75, 3.05) is 11.5 Å². The number of hydrogen-bond donors (Lipinski definition) is 1. The number of fused-ring (bicyclic) bond motifs is 2. The van der Waals surface area contributed by atoms with Crippen LogP contribution in [-0.4, -0.2) is 31.9 Å². The molecule has 0 aromatic rings. The fraction of sp³-hybridized carbons (Fsp3) is 0.938. The van der Waals surface area contributed by atoms with Crippen molar-refractivity contribution < 1.29 is 13.2 Å². The maximum absolute atomic E-state index is 12.2. The molecule has 21 heavy (non-hydrogen) atoms. The first-order chi connectivity index (χ1) is 9.93. The van der Waals surface area contributed by atoms with Gasteiger partial charge in [0.1, 0.15) is 9.84 Å². The molecule has 1 aliphatic heterocycles. The van der Waals surface area contributed by atoms with E-state index >= 15 is 0 Å². The molecule has 1 saturated heterocycles. The minimum atomic E-state index is -2.83. The highest BCUT2D eigenvalue weighted by molar-refractivity contribution is 7.91. The molecule has 4 nitrogen and oxygen atoms in total. The number of rotatable bonds is 4. The smallest absolute Gasteiger partial charge is 0.220 e. The summed E-state index contributed by atoms with van der Waals surface area (Å²) in [5.41, 5.74) is 0. The molecule has 0 radical (unpaired) electrons. The van der Waals surface area contributed by atoms with Gasteiger partial charge in [-0.15, -0.1) is 0 Å². The lowest BCUT2D eigenvalue weighted by Gasteiger charge is -2.29. The first-order valence-corrected chi connectivity index (χ1v) is 10.2. The molecule has 2 saturated carbocycles. The zero-order chi connectivity index (χ0) is 15.0. The van der Waals surface area contributed by atoms with E-state index in [4.69, 9.17) is 0 Å². The lowest BCUT2D eigenvalue weighted by molar-refractivity contribution is -0.123. The van der Waals surface area contributed by atoms with E-state index in [9.17, 15) is 13.2 Å². The second kappa shape index (κ2) is 5.90. The molecule has 1 heterocycles. The van der Waals surface area contributed by atoms with Crippen LogP contribution in [0.15, 0.2) is 0 Å². The number of carbonyl (C=O) groups excluding carboxylic acids is 1. The van der Waals surface area contributed by atoms with Crippen LogP contribution in [0.25, 0.3) is 0 Å². The van der Waals surface area contributed by atoms with Gasteiger partial charge in [0.2, 0.25) is 5.91 Å². The number of carbonyl (C=O) groups is 1. The normalized spacial score (nSPS) is 36.5. The highest BCUT2D eigenvalue weighted by Gasteiger charge is 2.42. The third kappa shape index (κ3) is 3.61. The summed E-state index contributed by atoms with van der Waals surface area (Å²) in [6, 6.07) is 0.278. The quantitative estimate of drug-likeness (QED) is 0.865. The maximum atomic E-state index is 12.2. The Morgan fingerprint density at radius 3 is 2.43 bits per heavy atom. The van der Waals surface area contributed by atoms with Gasteiger partial charge in [0.15, 0.2) is 0 Å². The molecule has 0 aromatic heterocycles. The Bertz CT molecular complexity index is 488. The highest BCUT2D eigenvalue weighted by Crippen LogP contribution is 2.49. The van der Waals surface area contributed by atoms with E-state index in [1.807, 2.05) is 0 Å². The van der Waals surface area contributed by atoms with Crippen LogP contribution < -0.4 is 5.32 Å². The van der Waals surface area contributed by atoms with Gasteiger partial charge in [0.25, 0.3) is 0 Å². The average molecular weight is 313 g/mol. The van der Waals surface area contributed by atoms with E-state index in [0.717, 1.165) is 11.8 Å². The molecule has 2 aliphatic carbocycles. The van der Waals surface area contributed by atoms with Crippen LogP contribution in [0.1, 0.15) is 51.9 Å². The fourth-order valence-corrected chi connectivity index (χ4v) is 6.32. The second-order valence-electron chi connectivity index (χ2n) is 7.49. The number of sulfone groups is 1. The molecule has 0 spiro atoms. The summed E-state index contributed by atoms with van der Waals surface area (Å²) >= 11 is 0. The van der Waals surface area contributed by atoms with Gasteiger partial charge in [0, 0.05) is 12.5 Å². The molecule has 0 aromatic carbocycles. The molecule has 1 N–H and O–H groups in total. The molecule has 5 heteroatoms. The topological polar surface area (TPSA) is 63.2 Å². The summed E-state index contributed by atoms with van der Waals surface area (Å²) < 4.78 is 22.8. The van der Waals surface area contributed by atoms with E-state index < -0.39 is 9.84 Å². The van der Waals surface area contributed by atoms with Gasteiger partial charge >= 0.3 is 0 Å². The fourth-order valence-electron chi connectivity index (χ4n) is 4.73. The van der Waals surface area contributed by atoms with Crippen LogP contribution in [0, 0.1) is 23.7 Å². The second-order valence-corrected chi connectivity index (χ2v) is 9.80. The van der Waals surface area contributed by atoms with Crippen molar-refractivity contribution in [3.63, 3.8) is 0 Å². The molecular formula is C16H27NO3S. The Labute approximate surface area is 128 Å². The van der Waals surface area contributed by atoms with Crippen molar-refractivity contribution in [2.45, 2.75) is 57.9 Å². The first-order valence-electron chi connectivity index (χ1n) is 8.43. The van der Waals surface area contributed by atoms with Gasteiger partial charge < -0.3 is 5.32 Å². The molecule has 3 rings (SSSR count). The number of hydrogen-bond acceptors (Lipinski definition) is 3. The molecule has 1 amide bonds. The molecule has 3 fully saturated rings. The van der Waals surface area contributed by atoms with Gasteiger partial charge in [-0.3, -0.25) is 4.79 Å². The van der Waals surface area contributed by atoms with Crippen LogP contribution in [-0.2, 0) is 14.6 Å². The average Bonchev–Trinajstić information content (AvgIpc) is 3.03. The summed E-state index contributed by atoms with van der Waals surface area (Å²) in [5.74, 6) is 3.28. The van der Waals surface area contributed by atoms with Crippen molar-refractivity contribution in [3.05, 3.63) is 0 Å². The first kappa shape index (κ1) is 15.3. The van der Waals surface area contributed by atoms with E-state index in [2.05, 4.69) is 12.2 Å². The van der Waals surface area contributed by atoms with Gasteiger partial charge in [-0.1, -0.05) is 6.42 Å². The molecule has 2 bridgehead atoms. The molecule has 4 unspecified atom stereocenters. The van der Waals surface area contributed by atoms with E-state index in [-0.39, 0.29) is 29.4 Å². The highest BCUT2D eigenvalue weighted by atomic mass is 32.2. The molecule has 4 atom stereocenters. The summed E-state index contributed by atoms with van der Waals surface area (Å²) in [6.45, 7) is 2.15. The van der Waals surface area contributed by atoms with Gasteiger partial charge in [0.05, 0.1) is 11.5 Å².